The zero-order chi connectivity index (χ0) is 26.3. The highest BCUT2D eigenvalue weighted by Crippen LogP contribution is 2.42. The van der Waals surface area contributed by atoms with E-state index in [1.807, 2.05) is 6.07 Å². The molecule has 10 nitrogen and oxygen atoms in total. The molecular formula is C29H36N8O2. The van der Waals surface area contributed by atoms with Crippen LogP contribution in [0.5, 0.6) is 0 Å². The summed E-state index contributed by atoms with van der Waals surface area (Å²) in [5.41, 5.74) is 3.75. The number of nitrogens with zero attached hydrogens (tertiary/aromatic N) is 8. The van der Waals surface area contributed by atoms with Gasteiger partial charge in [0.15, 0.2) is 17.0 Å². The number of hydrogen-bond donors (Lipinski definition) is 0. The van der Waals surface area contributed by atoms with Crippen LogP contribution in [0.4, 0.5) is 5.82 Å². The van der Waals surface area contributed by atoms with Crippen LogP contribution in [0.15, 0.2) is 24.3 Å². The fourth-order valence-corrected chi connectivity index (χ4v) is 6.12. The lowest BCUT2D eigenvalue weighted by molar-refractivity contribution is -0.108. The Morgan fingerprint density at radius 1 is 0.974 bits per heavy atom. The average molecular weight is 529 g/mol. The summed E-state index contributed by atoms with van der Waals surface area (Å²) in [5, 5.41) is 0. The lowest BCUT2D eigenvalue weighted by Crippen LogP contribution is -2.37. The van der Waals surface area contributed by atoms with Crippen molar-refractivity contribution in [2.24, 2.45) is 13.0 Å². The second kappa shape index (κ2) is 10.3. The number of carbonyl (C=O) groups excluding carboxylic acids is 1. The number of benzene rings is 1. The minimum atomic E-state index is 0.458. The van der Waals surface area contributed by atoms with E-state index in [2.05, 4.69) is 44.2 Å². The Labute approximate surface area is 228 Å². The molecule has 0 spiro atoms. The number of imidazole rings is 2. The molecule has 2 saturated heterocycles. The maximum absolute atomic E-state index is 10.8. The van der Waals surface area contributed by atoms with Crippen LogP contribution in [0, 0.1) is 5.92 Å². The number of carbonyl (C=O) groups is 1. The molecule has 0 bridgehead atoms. The fraction of sp³-hybridized carbons (Fsp3) is 0.552. The van der Waals surface area contributed by atoms with Gasteiger partial charge in [0, 0.05) is 32.5 Å². The highest BCUT2D eigenvalue weighted by Gasteiger charge is 2.32. The molecule has 0 N–H and O–H groups in total. The zero-order valence-corrected chi connectivity index (χ0v) is 22.6. The van der Waals surface area contributed by atoms with E-state index < -0.39 is 0 Å². The first-order chi connectivity index (χ1) is 19.2. The molecule has 1 aliphatic carbocycles. The fourth-order valence-electron chi connectivity index (χ4n) is 6.12. The van der Waals surface area contributed by atoms with Crippen LogP contribution in [0.3, 0.4) is 0 Å². The Balaban J connectivity index is 1.28. The molecule has 4 aromatic rings. The van der Waals surface area contributed by atoms with E-state index in [0.717, 1.165) is 111 Å². The molecule has 3 aliphatic rings. The summed E-state index contributed by atoms with van der Waals surface area (Å²) in [6.07, 6.45) is 7.32. The standard InChI is InChI=1S/C29H36N8O2/c1-34-24(19-35-12-10-20(11-13-35)5-4-16-38)31-25-27(34)32-29(33-28(25)36-14-17-39-18-15-36)37-23-7-3-2-6-22(23)30-26(37)21-8-9-21/h2-3,6-7,16,20-21H,4-5,8-15,17-19H2,1H3. The molecule has 1 aromatic carbocycles. The van der Waals surface area contributed by atoms with E-state index in [1.165, 1.54) is 0 Å². The van der Waals surface area contributed by atoms with Crippen molar-refractivity contribution in [3.05, 3.63) is 35.9 Å². The zero-order valence-electron chi connectivity index (χ0n) is 22.6. The molecule has 0 radical (unpaired) electrons. The van der Waals surface area contributed by atoms with Gasteiger partial charge in [0.1, 0.15) is 17.9 Å². The third-order valence-corrected chi connectivity index (χ3v) is 8.59. The number of para-hydroxylation sites is 2. The van der Waals surface area contributed by atoms with Crippen LogP contribution >= 0.6 is 0 Å². The van der Waals surface area contributed by atoms with Crippen LogP contribution in [0.1, 0.15) is 56.1 Å². The lowest BCUT2D eigenvalue weighted by Gasteiger charge is -2.31. The van der Waals surface area contributed by atoms with Gasteiger partial charge in [-0.15, -0.1) is 0 Å². The van der Waals surface area contributed by atoms with Crippen LogP contribution in [0.25, 0.3) is 28.1 Å². The van der Waals surface area contributed by atoms with Crippen molar-refractivity contribution in [2.75, 3.05) is 44.3 Å². The minimum absolute atomic E-state index is 0.458. The highest BCUT2D eigenvalue weighted by atomic mass is 16.5. The third kappa shape index (κ3) is 4.69. The van der Waals surface area contributed by atoms with Crippen molar-refractivity contribution in [3.63, 3.8) is 0 Å². The smallest absolute Gasteiger partial charge is 0.239 e. The molecule has 204 valence electrons. The summed E-state index contributed by atoms with van der Waals surface area (Å²) in [6.45, 7) is 5.78. The molecule has 1 saturated carbocycles. The van der Waals surface area contributed by atoms with Gasteiger partial charge in [0.05, 0.1) is 30.8 Å². The van der Waals surface area contributed by atoms with Crippen molar-refractivity contribution >= 4 is 34.3 Å². The number of hydrogen-bond acceptors (Lipinski definition) is 8. The van der Waals surface area contributed by atoms with E-state index >= 15 is 0 Å². The quantitative estimate of drug-likeness (QED) is 0.320. The summed E-state index contributed by atoms with van der Waals surface area (Å²) < 4.78 is 9.99. The summed E-state index contributed by atoms with van der Waals surface area (Å²) in [6, 6.07) is 8.29. The molecule has 0 unspecified atom stereocenters. The maximum atomic E-state index is 10.8. The number of fused-ring (bicyclic) bond motifs is 2. The molecule has 0 amide bonds. The van der Waals surface area contributed by atoms with Gasteiger partial charge in [-0.05, 0) is 63.2 Å². The number of aryl methyl sites for hydroxylation is 1. The van der Waals surface area contributed by atoms with Gasteiger partial charge >= 0.3 is 0 Å². The monoisotopic (exact) mass is 528 g/mol. The SMILES string of the molecule is Cn1c(CN2CCC(CCC=O)CC2)nc2c(N3CCOCC3)nc(-n3c(C4CC4)nc4ccccc43)nc21. The number of aromatic nitrogens is 6. The first-order valence-corrected chi connectivity index (χ1v) is 14.4. The van der Waals surface area contributed by atoms with Crippen molar-refractivity contribution in [2.45, 2.75) is 51.0 Å². The van der Waals surface area contributed by atoms with Crippen LogP contribution < -0.4 is 4.90 Å². The number of rotatable bonds is 8. The van der Waals surface area contributed by atoms with Gasteiger partial charge < -0.3 is 19.0 Å². The topological polar surface area (TPSA) is 94.2 Å². The van der Waals surface area contributed by atoms with Crippen molar-refractivity contribution < 1.29 is 9.53 Å². The average Bonchev–Trinajstić information content (AvgIpc) is 3.69. The molecule has 2 aliphatic heterocycles. The second-order valence-corrected chi connectivity index (χ2v) is 11.2. The Kier molecular flexibility index (Phi) is 6.52. The number of aldehydes is 1. The summed E-state index contributed by atoms with van der Waals surface area (Å²) in [7, 11) is 2.08. The van der Waals surface area contributed by atoms with Gasteiger partial charge in [0.25, 0.3) is 0 Å². The van der Waals surface area contributed by atoms with E-state index in [4.69, 9.17) is 24.7 Å². The number of ether oxygens (including phenoxy) is 1. The first-order valence-electron chi connectivity index (χ1n) is 14.4. The third-order valence-electron chi connectivity index (χ3n) is 8.59. The number of anilines is 1. The Morgan fingerprint density at radius 3 is 2.54 bits per heavy atom. The molecule has 3 fully saturated rings. The van der Waals surface area contributed by atoms with Gasteiger partial charge in [-0.1, -0.05) is 12.1 Å². The molecule has 39 heavy (non-hydrogen) atoms. The normalized spacial score (nSPS) is 19.4. The van der Waals surface area contributed by atoms with E-state index in [1.54, 1.807) is 0 Å². The molecule has 0 atom stereocenters. The van der Waals surface area contributed by atoms with Gasteiger partial charge in [-0.25, -0.2) is 9.97 Å². The van der Waals surface area contributed by atoms with Crippen LogP contribution in [-0.4, -0.2) is 79.6 Å². The van der Waals surface area contributed by atoms with Crippen molar-refractivity contribution in [1.82, 2.24) is 34.0 Å². The van der Waals surface area contributed by atoms with Crippen molar-refractivity contribution in [1.29, 1.82) is 0 Å². The van der Waals surface area contributed by atoms with Crippen LogP contribution in [-0.2, 0) is 23.1 Å². The van der Waals surface area contributed by atoms with Crippen molar-refractivity contribution in [3.8, 4) is 5.95 Å². The maximum Gasteiger partial charge on any atom is 0.239 e. The summed E-state index contributed by atoms with van der Waals surface area (Å²) in [5.74, 6) is 4.73. The largest absolute Gasteiger partial charge is 0.378 e. The van der Waals surface area contributed by atoms with E-state index in [0.29, 0.717) is 37.4 Å². The van der Waals surface area contributed by atoms with Crippen LogP contribution in [0.2, 0.25) is 0 Å². The van der Waals surface area contributed by atoms with Gasteiger partial charge in [0.2, 0.25) is 5.95 Å². The van der Waals surface area contributed by atoms with E-state index in [-0.39, 0.29) is 0 Å². The number of morpholine rings is 1. The Hall–Kier alpha value is -3.37. The van der Waals surface area contributed by atoms with E-state index in [9.17, 15) is 4.79 Å². The summed E-state index contributed by atoms with van der Waals surface area (Å²) >= 11 is 0. The molecule has 10 heteroatoms. The summed E-state index contributed by atoms with van der Waals surface area (Å²) in [4.78, 5) is 36.1. The molecule has 7 rings (SSSR count). The predicted molar refractivity (Wildman–Crippen MR) is 149 cm³/mol. The minimum Gasteiger partial charge on any atom is -0.378 e. The number of piperidine rings is 1. The Bertz CT molecular complexity index is 1490. The van der Waals surface area contributed by atoms with Gasteiger partial charge in [-0.2, -0.15) is 9.97 Å². The molecule has 3 aromatic heterocycles. The molecule has 5 heterocycles. The second-order valence-electron chi connectivity index (χ2n) is 11.2. The highest BCUT2D eigenvalue weighted by molar-refractivity contribution is 5.86. The first kappa shape index (κ1) is 24.7. The number of likely N-dealkylation sites (tertiary alicyclic amines) is 1. The lowest BCUT2D eigenvalue weighted by atomic mass is 9.92. The Morgan fingerprint density at radius 2 is 1.77 bits per heavy atom. The predicted octanol–water partition coefficient (Wildman–Crippen LogP) is 3.61. The van der Waals surface area contributed by atoms with Gasteiger partial charge in [-0.3, -0.25) is 9.47 Å². The molecular weight excluding hydrogens is 492 g/mol.